The summed E-state index contributed by atoms with van der Waals surface area (Å²) in [5.41, 5.74) is 5.22. The lowest BCUT2D eigenvalue weighted by Gasteiger charge is -1.90. The highest BCUT2D eigenvalue weighted by Crippen LogP contribution is 1.86. The lowest BCUT2D eigenvalue weighted by atomic mass is 10.3. The van der Waals surface area contributed by atoms with Gasteiger partial charge in [-0.15, -0.1) is 0 Å². The Bertz CT molecular complexity index is 83.1. The molecule has 0 atom stereocenters. The van der Waals surface area contributed by atoms with Crippen LogP contribution < -0.4 is 5.73 Å². The Balaban J connectivity index is 2.83. The van der Waals surface area contributed by atoms with Gasteiger partial charge >= 0.3 is 5.97 Å². The number of nitrogens with two attached hydrogens (primary N) is 1. The number of hydrogen-bond donors (Lipinski definition) is 1. The number of carbonyl (C=O) groups excluding carboxylic acids is 1. The summed E-state index contributed by atoms with van der Waals surface area (Å²) in [4.78, 5) is 8.51. The Labute approximate surface area is 55.2 Å². The second-order valence-electron chi connectivity index (χ2n) is 1.86. The molecule has 54 valence electrons. The molecule has 0 amide bonds. The normalized spacial score (nSPS) is 9.11. The molecule has 0 aliphatic rings. The third kappa shape index (κ3) is 7.43. The first-order valence-electron chi connectivity index (χ1n) is 3.12. The van der Waals surface area contributed by atoms with E-state index in [1.54, 1.807) is 0 Å². The Hall–Kier alpha value is -0.570. The van der Waals surface area contributed by atoms with Gasteiger partial charge in [-0.3, -0.25) is 0 Å². The maximum absolute atomic E-state index is 8.51. The van der Waals surface area contributed by atoms with Crippen LogP contribution >= 0.6 is 0 Å². The van der Waals surface area contributed by atoms with E-state index in [0.717, 1.165) is 12.8 Å². The van der Waals surface area contributed by atoms with Crippen LogP contribution in [0, 0.1) is 0 Å². The molecule has 3 heteroatoms. The van der Waals surface area contributed by atoms with Gasteiger partial charge in [0.1, 0.15) is 0 Å². The predicted octanol–water partition coefficient (Wildman–Crippen LogP) is 0.264. The summed E-state index contributed by atoms with van der Waals surface area (Å²) in [5, 5.41) is 0. The van der Waals surface area contributed by atoms with Crippen molar-refractivity contribution in [2.24, 2.45) is 5.73 Å². The van der Waals surface area contributed by atoms with Crippen molar-refractivity contribution in [1.29, 1.82) is 0 Å². The van der Waals surface area contributed by atoms with E-state index in [4.69, 9.17) is 15.3 Å². The molecule has 0 saturated heterocycles. The highest BCUT2D eigenvalue weighted by molar-refractivity contribution is 5.67. The van der Waals surface area contributed by atoms with Gasteiger partial charge in [0.25, 0.3) is 0 Å². The van der Waals surface area contributed by atoms with Crippen molar-refractivity contribution in [2.75, 3.05) is 13.2 Å². The van der Waals surface area contributed by atoms with Gasteiger partial charge in [0, 0.05) is 6.42 Å². The van der Waals surface area contributed by atoms with Crippen LogP contribution in [-0.2, 0) is 4.74 Å². The van der Waals surface area contributed by atoms with E-state index in [0.29, 0.717) is 13.2 Å². The highest BCUT2D eigenvalue weighted by Gasteiger charge is 1.99. The first-order valence-corrected chi connectivity index (χ1v) is 3.12. The summed E-state index contributed by atoms with van der Waals surface area (Å²) >= 11 is 0. The van der Waals surface area contributed by atoms with E-state index in [1.165, 1.54) is 6.92 Å². The molecular formula is C6H14NO2+. The zero-order valence-corrected chi connectivity index (χ0v) is 5.76. The molecule has 0 aliphatic carbocycles. The lowest BCUT2D eigenvalue weighted by Crippen LogP contribution is -2.04. The number of hydrogen-bond acceptors (Lipinski definition) is 2. The third-order valence-corrected chi connectivity index (χ3v) is 0.909. The molecule has 0 heterocycles. The molecule has 0 aliphatic heterocycles. The molecule has 0 saturated carbocycles. The van der Waals surface area contributed by atoms with E-state index < -0.39 is 0 Å². The van der Waals surface area contributed by atoms with Gasteiger partial charge in [0.2, 0.25) is 0 Å². The molecule has 0 aromatic heterocycles. The largest absolute Gasteiger partial charge is 0.479 e. The average molecular weight is 132 g/mol. The maximum Gasteiger partial charge on any atom is 0.479 e. The number of rotatable bonds is 4. The second kappa shape index (κ2) is 5.56. The Kier molecular flexibility index (Phi) is 5.21. The fourth-order valence-corrected chi connectivity index (χ4v) is 0.466. The fourth-order valence-electron chi connectivity index (χ4n) is 0.466. The summed E-state index contributed by atoms with van der Waals surface area (Å²) in [6.07, 6.45) is 1.86. The zero-order valence-electron chi connectivity index (χ0n) is 5.76. The molecule has 0 bridgehead atoms. The molecule has 0 fully saturated rings. The molecule has 9 heavy (non-hydrogen) atoms. The first kappa shape index (κ1) is 8.43. The van der Waals surface area contributed by atoms with Crippen LogP contribution in [-0.4, -0.2) is 23.9 Å². The van der Waals surface area contributed by atoms with E-state index in [2.05, 4.69) is 0 Å². The van der Waals surface area contributed by atoms with Crippen molar-refractivity contribution in [3.63, 3.8) is 0 Å². The van der Waals surface area contributed by atoms with Crippen LogP contribution in [0.2, 0.25) is 0 Å². The number of unbranched alkanes of at least 4 members (excludes halogenated alkanes) is 1. The molecule has 0 spiro atoms. The smallest absolute Gasteiger partial charge is 0.339 e. The van der Waals surface area contributed by atoms with E-state index >= 15 is 0 Å². The minimum atomic E-state index is 0.0343. The average Bonchev–Trinajstić information content (AvgIpc) is 1.80. The van der Waals surface area contributed by atoms with Gasteiger partial charge in [-0.2, -0.15) is 0 Å². The zero-order chi connectivity index (χ0) is 7.11. The Morgan fingerprint density at radius 3 is 2.67 bits per heavy atom. The minimum Gasteiger partial charge on any atom is -0.339 e. The van der Waals surface area contributed by atoms with Crippen molar-refractivity contribution in [3.8, 4) is 0 Å². The molecule has 0 unspecified atom stereocenters. The van der Waals surface area contributed by atoms with E-state index in [1.807, 2.05) is 0 Å². The van der Waals surface area contributed by atoms with Crippen LogP contribution in [0.15, 0.2) is 0 Å². The predicted molar refractivity (Wildman–Crippen MR) is 36.9 cm³/mol. The topological polar surface area (TPSA) is 56.6 Å². The summed E-state index contributed by atoms with van der Waals surface area (Å²) < 4.78 is 4.76. The van der Waals surface area contributed by atoms with Gasteiger partial charge in [-0.25, -0.2) is 0 Å². The highest BCUT2D eigenvalue weighted by atomic mass is 16.5. The van der Waals surface area contributed by atoms with Crippen molar-refractivity contribution < 1.29 is 9.53 Å². The van der Waals surface area contributed by atoms with Gasteiger partial charge in [-0.05, 0) is 13.0 Å². The van der Waals surface area contributed by atoms with Crippen LogP contribution in [0.25, 0.3) is 0 Å². The second-order valence-corrected chi connectivity index (χ2v) is 1.86. The monoisotopic (exact) mass is 132 g/mol. The maximum atomic E-state index is 8.51. The van der Waals surface area contributed by atoms with Crippen molar-refractivity contribution in [1.82, 2.24) is 0 Å². The first-order chi connectivity index (χ1) is 4.27. The Morgan fingerprint density at radius 2 is 2.22 bits per heavy atom. The van der Waals surface area contributed by atoms with Crippen LogP contribution in [0.3, 0.4) is 0 Å². The van der Waals surface area contributed by atoms with Gasteiger partial charge in [-0.1, -0.05) is 0 Å². The molecular weight excluding hydrogens is 118 g/mol. The van der Waals surface area contributed by atoms with Gasteiger partial charge < -0.3 is 15.3 Å². The molecule has 0 rings (SSSR count). The summed E-state index contributed by atoms with van der Waals surface area (Å²) in [5.74, 6) is 0.0343. The minimum absolute atomic E-state index is 0.0343. The molecule has 0 radical (unpaired) electrons. The van der Waals surface area contributed by atoms with Crippen LogP contribution in [0.5, 0.6) is 0 Å². The quantitative estimate of drug-likeness (QED) is 0.339. The standard InChI is InChI=1S/C6H13NO2/c1-6(8)9-5-3-2-4-7/h2-5,7H2,1H3/p+1. The van der Waals surface area contributed by atoms with Crippen molar-refractivity contribution >= 4 is 5.97 Å². The summed E-state index contributed by atoms with van der Waals surface area (Å²) in [6.45, 7) is 2.77. The summed E-state index contributed by atoms with van der Waals surface area (Å²) in [6, 6.07) is 0. The fraction of sp³-hybridized carbons (Fsp3) is 0.833. The SMILES string of the molecule is CC(=[OH+])OCCCCN. The van der Waals surface area contributed by atoms with E-state index in [-0.39, 0.29) is 5.97 Å². The number of esters is 1. The van der Waals surface area contributed by atoms with Crippen molar-refractivity contribution in [2.45, 2.75) is 19.8 Å². The van der Waals surface area contributed by atoms with Crippen molar-refractivity contribution in [3.05, 3.63) is 0 Å². The molecule has 0 aromatic rings. The van der Waals surface area contributed by atoms with Crippen LogP contribution in [0.4, 0.5) is 0 Å². The molecule has 0 aromatic carbocycles. The van der Waals surface area contributed by atoms with E-state index in [9.17, 15) is 0 Å². The molecule has 3 nitrogen and oxygen atoms in total. The molecule has 3 N–H and O–H groups in total. The van der Waals surface area contributed by atoms with Gasteiger partial charge in [0.15, 0.2) is 6.61 Å². The number of ether oxygens (including phenoxy) is 1. The lowest BCUT2D eigenvalue weighted by molar-refractivity contribution is 0.263. The summed E-state index contributed by atoms with van der Waals surface area (Å²) in [7, 11) is 0. The third-order valence-electron chi connectivity index (χ3n) is 0.909. The Morgan fingerprint density at radius 1 is 1.56 bits per heavy atom. The van der Waals surface area contributed by atoms with Crippen LogP contribution in [0.1, 0.15) is 19.8 Å². The van der Waals surface area contributed by atoms with Gasteiger partial charge in [0.05, 0.1) is 6.92 Å².